The average molecular weight is 493 g/mol. The molecule has 3 heterocycles. The molecule has 2 atom stereocenters. The number of pyridine rings is 1. The van der Waals surface area contributed by atoms with E-state index in [2.05, 4.69) is 29.2 Å². The standard InChI is InChI=1S/C31H28N2O4/c34-30(37-19-27-24-9-3-1-7-22(24)23-8-2-4-10-25(23)27)33-20-15-31(35,16-21(33)18-36-17-20)28-13-14-32-29-12-6-5-11-26(28)29/h1-14,20-21,27,35H,15-19H2. The molecular weight excluding hydrogens is 464 g/mol. The maximum absolute atomic E-state index is 13.5. The first-order valence-corrected chi connectivity index (χ1v) is 12.9. The molecule has 0 radical (unpaired) electrons. The lowest BCUT2D eigenvalue weighted by atomic mass is 9.76. The quantitative estimate of drug-likeness (QED) is 0.424. The number of ether oxygens (including phenoxy) is 2. The highest BCUT2D eigenvalue weighted by atomic mass is 16.6. The van der Waals surface area contributed by atoms with E-state index >= 15 is 0 Å². The Morgan fingerprint density at radius 2 is 1.54 bits per heavy atom. The maximum atomic E-state index is 13.5. The summed E-state index contributed by atoms with van der Waals surface area (Å²) in [7, 11) is 0. The number of carbonyl (C=O) groups excluding carboxylic acids is 1. The summed E-state index contributed by atoms with van der Waals surface area (Å²) < 4.78 is 11.8. The topological polar surface area (TPSA) is 71.9 Å². The van der Waals surface area contributed by atoms with Gasteiger partial charge in [-0.3, -0.25) is 9.88 Å². The number of hydrogen-bond acceptors (Lipinski definition) is 5. The van der Waals surface area contributed by atoms with Gasteiger partial charge in [-0.15, -0.1) is 0 Å². The van der Waals surface area contributed by atoms with Gasteiger partial charge in [-0.1, -0.05) is 66.7 Å². The summed E-state index contributed by atoms with van der Waals surface area (Å²) in [6.07, 6.45) is 2.20. The van der Waals surface area contributed by atoms with E-state index < -0.39 is 5.60 Å². The molecule has 2 saturated heterocycles. The van der Waals surface area contributed by atoms with Crippen molar-refractivity contribution < 1.29 is 19.4 Å². The van der Waals surface area contributed by atoms with Crippen LogP contribution in [0.2, 0.25) is 0 Å². The lowest BCUT2D eigenvalue weighted by Gasteiger charge is -2.51. The van der Waals surface area contributed by atoms with Gasteiger partial charge >= 0.3 is 6.09 Å². The normalized spacial score (nSPS) is 24.5. The Morgan fingerprint density at radius 1 is 0.919 bits per heavy atom. The van der Waals surface area contributed by atoms with Crippen LogP contribution >= 0.6 is 0 Å². The first-order chi connectivity index (χ1) is 18.1. The van der Waals surface area contributed by atoms with Crippen LogP contribution in [0, 0.1) is 0 Å². The number of amides is 1. The third-order valence-electron chi connectivity index (χ3n) is 8.25. The zero-order chi connectivity index (χ0) is 25.0. The number of piperidine rings is 1. The zero-order valence-corrected chi connectivity index (χ0v) is 20.4. The van der Waals surface area contributed by atoms with Gasteiger partial charge in [-0.25, -0.2) is 4.79 Å². The SMILES string of the molecule is O=C(OCC1c2ccccc2-c2ccccc21)N1C2COCC1CC(O)(c1ccnc3ccccc13)C2. The number of hydrogen-bond donors (Lipinski definition) is 1. The highest BCUT2D eigenvalue weighted by Crippen LogP contribution is 2.46. The molecule has 4 aromatic rings. The third-order valence-corrected chi connectivity index (χ3v) is 8.25. The Balaban J connectivity index is 1.13. The van der Waals surface area contributed by atoms with E-state index in [1.165, 1.54) is 22.3 Å². The summed E-state index contributed by atoms with van der Waals surface area (Å²) >= 11 is 0. The molecule has 0 saturated carbocycles. The summed E-state index contributed by atoms with van der Waals surface area (Å²) in [5, 5.41) is 12.9. The number of rotatable bonds is 3. The van der Waals surface area contributed by atoms with Crippen LogP contribution in [0.15, 0.2) is 85.1 Å². The lowest BCUT2D eigenvalue weighted by Crippen LogP contribution is -2.62. The number of carbonyl (C=O) groups is 1. The van der Waals surface area contributed by atoms with Gasteiger partial charge in [0.25, 0.3) is 0 Å². The van der Waals surface area contributed by atoms with E-state index in [1.807, 2.05) is 59.5 Å². The van der Waals surface area contributed by atoms with Crippen molar-refractivity contribution in [1.82, 2.24) is 9.88 Å². The van der Waals surface area contributed by atoms with Crippen molar-refractivity contribution in [3.63, 3.8) is 0 Å². The summed E-state index contributed by atoms with van der Waals surface area (Å²) in [5.41, 5.74) is 5.45. The van der Waals surface area contributed by atoms with Gasteiger partial charge in [0.05, 0.1) is 36.4 Å². The molecular formula is C31H28N2O4. The largest absolute Gasteiger partial charge is 0.448 e. The van der Waals surface area contributed by atoms with E-state index in [0.717, 1.165) is 16.5 Å². The fraction of sp³-hybridized carbons (Fsp3) is 0.290. The molecule has 6 heteroatoms. The predicted molar refractivity (Wildman–Crippen MR) is 140 cm³/mol. The van der Waals surface area contributed by atoms with Gasteiger partial charge in [0.15, 0.2) is 0 Å². The fourth-order valence-electron chi connectivity index (χ4n) is 6.66. The second-order valence-electron chi connectivity index (χ2n) is 10.4. The smallest absolute Gasteiger partial charge is 0.410 e. The molecule has 1 aliphatic carbocycles. The highest BCUT2D eigenvalue weighted by Gasteiger charge is 2.50. The molecule has 7 rings (SSSR count). The van der Waals surface area contributed by atoms with Crippen LogP contribution in [0.3, 0.4) is 0 Å². The molecule has 6 nitrogen and oxygen atoms in total. The summed E-state index contributed by atoms with van der Waals surface area (Å²) in [6.45, 7) is 1.04. The van der Waals surface area contributed by atoms with Crippen molar-refractivity contribution >= 4 is 17.0 Å². The molecule has 0 spiro atoms. The van der Waals surface area contributed by atoms with Gasteiger partial charge in [0.2, 0.25) is 0 Å². The van der Waals surface area contributed by atoms with Crippen LogP contribution in [0.25, 0.3) is 22.0 Å². The molecule has 2 fully saturated rings. The lowest BCUT2D eigenvalue weighted by molar-refractivity contribution is -0.136. The third kappa shape index (κ3) is 3.63. The predicted octanol–water partition coefficient (Wildman–Crippen LogP) is 5.23. The summed E-state index contributed by atoms with van der Waals surface area (Å²) in [6, 6.07) is 25.9. The minimum atomic E-state index is -1.07. The van der Waals surface area contributed by atoms with Crippen LogP contribution in [0.1, 0.15) is 35.4 Å². The van der Waals surface area contributed by atoms with Crippen molar-refractivity contribution in [2.75, 3.05) is 19.8 Å². The van der Waals surface area contributed by atoms with Crippen molar-refractivity contribution in [3.05, 3.63) is 102 Å². The van der Waals surface area contributed by atoms with E-state index in [-0.39, 0.29) is 30.7 Å². The molecule has 1 N–H and O–H groups in total. The Hall–Kier alpha value is -3.74. The molecule has 1 amide bonds. The Kier molecular flexibility index (Phi) is 5.27. The molecule has 2 bridgehead atoms. The van der Waals surface area contributed by atoms with Gasteiger partial charge in [-0.2, -0.15) is 0 Å². The van der Waals surface area contributed by atoms with E-state index in [1.54, 1.807) is 6.20 Å². The number of fused-ring (bicyclic) bond motifs is 6. The van der Waals surface area contributed by atoms with Gasteiger partial charge in [0.1, 0.15) is 6.61 Å². The number of nitrogens with zero attached hydrogens (tertiary/aromatic N) is 2. The summed E-state index contributed by atoms with van der Waals surface area (Å²) in [4.78, 5) is 19.8. The molecule has 3 aliphatic rings. The Morgan fingerprint density at radius 3 is 2.24 bits per heavy atom. The molecule has 2 aliphatic heterocycles. The molecule has 186 valence electrons. The van der Waals surface area contributed by atoms with Crippen molar-refractivity contribution in [3.8, 4) is 11.1 Å². The van der Waals surface area contributed by atoms with E-state index in [4.69, 9.17) is 9.47 Å². The van der Waals surface area contributed by atoms with Crippen LogP contribution in [0.5, 0.6) is 0 Å². The monoisotopic (exact) mass is 492 g/mol. The number of aliphatic hydroxyl groups is 1. The molecule has 2 unspecified atom stereocenters. The van der Waals surface area contributed by atoms with Crippen LogP contribution < -0.4 is 0 Å². The van der Waals surface area contributed by atoms with Gasteiger partial charge in [0, 0.05) is 30.3 Å². The van der Waals surface area contributed by atoms with E-state index in [0.29, 0.717) is 26.1 Å². The number of morpholine rings is 1. The molecule has 37 heavy (non-hydrogen) atoms. The Labute approximate surface area is 215 Å². The van der Waals surface area contributed by atoms with Crippen LogP contribution in [-0.2, 0) is 15.1 Å². The zero-order valence-electron chi connectivity index (χ0n) is 20.4. The van der Waals surface area contributed by atoms with Crippen LogP contribution in [0.4, 0.5) is 4.79 Å². The Bertz CT molecular complexity index is 1440. The van der Waals surface area contributed by atoms with E-state index in [9.17, 15) is 9.90 Å². The second kappa shape index (κ2) is 8.68. The van der Waals surface area contributed by atoms with Crippen molar-refractivity contribution in [1.29, 1.82) is 0 Å². The molecule has 3 aromatic carbocycles. The van der Waals surface area contributed by atoms with Gasteiger partial charge < -0.3 is 14.6 Å². The fourth-order valence-corrected chi connectivity index (χ4v) is 6.66. The van der Waals surface area contributed by atoms with Crippen LogP contribution in [-0.4, -0.2) is 53.0 Å². The summed E-state index contributed by atoms with van der Waals surface area (Å²) in [5.74, 6) is 0.0114. The highest BCUT2D eigenvalue weighted by molar-refractivity contribution is 5.83. The average Bonchev–Trinajstić information content (AvgIpc) is 3.24. The number of aromatic nitrogens is 1. The van der Waals surface area contributed by atoms with Gasteiger partial charge in [-0.05, 0) is 39.9 Å². The minimum absolute atomic E-state index is 0.0114. The first-order valence-electron chi connectivity index (χ1n) is 12.9. The van der Waals surface area contributed by atoms with Crippen molar-refractivity contribution in [2.45, 2.75) is 36.4 Å². The number of para-hydroxylation sites is 1. The van der Waals surface area contributed by atoms with Crippen molar-refractivity contribution in [2.24, 2.45) is 0 Å². The first kappa shape index (κ1) is 22.5. The second-order valence-corrected chi connectivity index (χ2v) is 10.4. The minimum Gasteiger partial charge on any atom is -0.448 e. The maximum Gasteiger partial charge on any atom is 0.410 e. The molecule has 1 aromatic heterocycles. The number of benzene rings is 3.